The summed E-state index contributed by atoms with van der Waals surface area (Å²) in [6.07, 6.45) is 1.43. The highest BCUT2D eigenvalue weighted by atomic mass is 32.1. The number of esters is 1. The Morgan fingerprint density at radius 2 is 1.95 bits per heavy atom. The number of aromatic nitrogens is 2. The zero-order valence-corrected chi connectivity index (χ0v) is 12.3. The summed E-state index contributed by atoms with van der Waals surface area (Å²) < 4.78 is 10.6. The second kappa shape index (κ2) is 5.49. The number of thiophene rings is 1. The maximum atomic E-state index is 11.8. The fourth-order valence-corrected chi connectivity index (χ4v) is 3.06. The average molecular weight is 300 g/mol. The number of para-hydroxylation sites is 1. The van der Waals surface area contributed by atoms with Crippen molar-refractivity contribution in [2.45, 2.75) is 6.92 Å². The molecule has 106 valence electrons. The number of methoxy groups -OCH3 is 1. The van der Waals surface area contributed by atoms with Crippen LogP contribution in [0.3, 0.4) is 0 Å². The van der Waals surface area contributed by atoms with Crippen LogP contribution in [0.5, 0.6) is 11.6 Å². The minimum atomic E-state index is -0.374. The van der Waals surface area contributed by atoms with Gasteiger partial charge in [-0.05, 0) is 24.6 Å². The van der Waals surface area contributed by atoms with Crippen LogP contribution in [-0.4, -0.2) is 23.0 Å². The third-order valence-corrected chi connectivity index (χ3v) is 4.20. The van der Waals surface area contributed by atoms with Gasteiger partial charge in [0.2, 0.25) is 5.88 Å². The number of hydrogen-bond donors (Lipinski definition) is 0. The molecule has 0 fully saturated rings. The molecule has 0 spiro atoms. The molecule has 0 aliphatic carbocycles. The fraction of sp³-hybridized carbons (Fsp3) is 0.133. The van der Waals surface area contributed by atoms with Crippen LogP contribution in [0.15, 0.2) is 36.7 Å². The van der Waals surface area contributed by atoms with Gasteiger partial charge in [0.25, 0.3) is 0 Å². The Kier molecular flexibility index (Phi) is 3.53. The molecule has 0 unspecified atom stereocenters. The van der Waals surface area contributed by atoms with Crippen molar-refractivity contribution in [1.29, 1.82) is 0 Å². The summed E-state index contributed by atoms with van der Waals surface area (Å²) in [5, 5.41) is 0.742. The van der Waals surface area contributed by atoms with E-state index in [-0.39, 0.29) is 5.97 Å². The lowest BCUT2D eigenvalue weighted by Crippen LogP contribution is -1.99. The van der Waals surface area contributed by atoms with Crippen molar-refractivity contribution in [1.82, 2.24) is 9.97 Å². The molecule has 0 N–H and O–H groups in total. The highest BCUT2D eigenvalue weighted by Crippen LogP contribution is 2.36. The van der Waals surface area contributed by atoms with E-state index in [1.54, 1.807) is 0 Å². The van der Waals surface area contributed by atoms with E-state index in [9.17, 15) is 4.79 Å². The first-order chi connectivity index (χ1) is 10.2. The first-order valence-electron chi connectivity index (χ1n) is 6.26. The molecule has 5 nitrogen and oxygen atoms in total. The van der Waals surface area contributed by atoms with Crippen LogP contribution in [0.4, 0.5) is 0 Å². The average Bonchev–Trinajstić information content (AvgIpc) is 2.86. The molecule has 0 atom stereocenters. The third-order valence-electron chi connectivity index (χ3n) is 3.02. The number of aryl methyl sites for hydroxylation is 1. The number of benzene rings is 1. The zero-order valence-electron chi connectivity index (χ0n) is 11.5. The first kappa shape index (κ1) is 13.5. The Bertz CT molecular complexity index is 799. The van der Waals surface area contributed by atoms with E-state index in [1.807, 2.05) is 37.3 Å². The van der Waals surface area contributed by atoms with Gasteiger partial charge in [-0.2, -0.15) is 0 Å². The predicted octanol–water partition coefficient (Wildman–Crippen LogP) is 3.58. The lowest BCUT2D eigenvalue weighted by molar-refractivity contribution is 0.0605. The number of hydrogen-bond acceptors (Lipinski definition) is 6. The molecule has 0 radical (unpaired) electrons. The van der Waals surface area contributed by atoms with Crippen LogP contribution >= 0.6 is 11.3 Å². The number of rotatable bonds is 3. The van der Waals surface area contributed by atoms with Crippen LogP contribution in [0.2, 0.25) is 0 Å². The molecule has 6 heteroatoms. The minimum absolute atomic E-state index is 0.374. The molecule has 3 rings (SSSR count). The molecule has 2 aromatic heterocycles. The van der Waals surface area contributed by atoms with E-state index in [0.717, 1.165) is 10.9 Å². The Hall–Kier alpha value is -2.47. The van der Waals surface area contributed by atoms with E-state index < -0.39 is 0 Å². The van der Waals surface area contributed by atoms with Crippen LogP contribution < -0.4 is 4.74 Å². The summed E-state index contributed by atoms with van der Waals surface area (Å²) >= 11 is 1.28. The second-order valence-corrected chi connectivity index (χ2v) is 5.32. The number of nitrogens with zero attached hydrogens (tertiary/aromatic N) is 2. The summed E-state index contributed by atoms with van der Waals surface area (Å²) in [6, 6.07) is 9.36. The van der Waals surface area contributed by atoms with Gasteiger partial charge in [-0.25, -0.2) is 14.8 Å². The maximum Gasteiger partial charge on any atom is 0.348 e. The van der Waals surface area contributed by atoms with Crippen LogP contribution in [0.25, 0.3) is 10.2 Å². The Morgan fingerprint density at radius 1 is 1.19 bits per heavy atom. The molecular weight excluding hydrogens is 288 g/mol. The van der Waals surface area contributed by atoms with Gasteiger partial charge in [0.05, 0.1) is 12.5 Å². The normalized spacial score (nSPS) is 10.6. The quantitative estimate of drug-likeness (QED) is 0.692. The van der Waals surface area contributed by atoms with Gasteiger partial charge in [0, 0.05) is 0 Å². The molecule has 0 bridgehead atoms. The highest BCUT2D eigenvalue weighted by Gasteiger charge is 2.20. The van der Waals surface area contributed by atoms with Crippen molar-refractivity contribution in [3.63, 3.8) is 0 Å². The fourth-order valence-electron chi connectivity index (χ4n) is 2.00. The Balaban J connectivity index is 2.11. The molecule has 0 saturated carbocycles. The van der Waals surface area contributed by atoms with E-state index in [0.29, 0.717) is 21.3 Å². The summed E-state index contributed by atoms with van der Waals surface area (Å²) in [5.41, 5.74) is 0.772. The molecule has 3 aromatic rings. The number of carbonyl (C=O) groups is 1. The van der Waals surface area contributed by atoms with E-state index in [4.69, 9.17) is 9.47 Å². The van der Waals surface area contributed by atoms with E-state index in [1.165, 1.54) is 24.8 Å². The van der Waals surface area contributed by atoms with Crippen LogP contribution in [0.1, 0.15) is 15.2 Å². The molecule has 0 aliphatic heterocycles. The zero-order chi connectivity index (χ0) is 14.8. The van der Waals surface area contributed by atoms with Crippen molar-refractivity contribution in [2.24, 2.45) is 0 Å². The van der Waals surface area contributed by atoms with E-state index >= 15 is 0 Å². The largest absolute Gasteiger partial charge is 0.465 e. The van der Waals surface area contributed by atoms with Crippen LogP contribution in [-0.2, 0) is 4.74 Å². The summed E-state index contributed by atoms with van der Waals surface area (Å²) in [6.45, 7) is 1.84. The molecule has 21 heavy (non-hydrogen) atoms. The van der Waals surface area contributed by atoms with Crippen molar-refractivity contribution in [2.75, 3.05) is 7.11 Å². The van der Waals surface area contributed by atoms with Gasteiger partial charge in [-0.1, -0.05) is 18.2 Å². The van der Waals surface area contributed by atoms with Crippen molar-refractivity contribution >= 4 is 27.5 Å². The lowest BCUT2D eigenvalue weighted by atomic mass is 10.2. The Morgan fingerprint density at radius 3 is 2.67 bits per heavy atom. The third kappa shape index (κ3) is 2.45. The Labute approximate surface area is 125 Å². The van der Waals surface area contributed by atoms with E-state index in [2.05, 4.69) is 9.97 Å². The first-order valence-corrected chi connectivity index (χ1v) is 7.07. The predicted molar refractivity (Wildman–Crippen MR) is 80.0 cm³/mol. The second-order valence-electron chi connectivity index (χ2n) is 4.32. The van der Waals surface area contributed by atoms with Gasteiger partial charge in [0.15, 0.2) is 0 Å². The smallest absolute Gasteiger partial charge is 0.348 e. The van der Waals surface area contributed by atoms with Gasteiger partial charge < -0.3 is 9.47 Å². The van der Waals surface area contributed by atoms with Gasteiger partial charge >= 0.3 is 5.97 Å². The van der Waals surface area contributed by atoms with Crippen LogP contribution in [0, 0.1) is 6.92 Å². The monoisotopic (exact) mass is 300 g/mol. The lowest BCUT2D eigenvalue weighted by Gasteiger charge is -2.05. The molecule has 0 amide bonds. The number of fused-ring (bicyclic) bond motifs is 1. The summed E-state index contributed by atoms with van der Waals surface area (Å²) in [7, 11) is 1.36. The number of ether oxygens (including phenoxy) is 2. The van der Waals surface area contributed by atoms with Gasteiger partial charge in [-0.15, -0.1) is 11.3 Å². The van der Waals surface area contributed by atoms with Gasteiger partial charge in [0.1, 0.15) is 21.8 Å². The SMILES string of the molecule is COC(=O)c1sc2ncnc(Oc3ccccc3)c2c1C. The van der Waals surface area contributed by atoms with Gasteiger partial charge in [-0.3, -0.25) is 0 Å². The molecule has 2 heterocycles. The minimum Gasteiger partial charge on any atom is -0.465 e. The number of carbonyl (C=O) groups excluding carboxylic acids is 1. The maximum absolute atomic E-state index is 11.8. The summed E-state index contributed by atoms with van der Waals surface area (Å²) in [4.78, 5) is 21.4. The van der Waals surface area contributed by atoms with Crippen molar-refractivity contribution in [3.8, 4) is 11.6 Å². The molecule has 0 aliphatic rings. The highest BCUT2D eigenvalue weighted by molar-refractivity contribution is 7.20. The molecule has 0 saturated heterocycles. The van der Waals surface area contributed by atoms with Crippen molar-refractivity contribution in [3.05, 3.63) is 47.1 Å². The topological polar surface area (TPSA) is 61.3 Å². The standard InChI is InChI=1S/C15H12N2O3S/c1-9-11-13(20-10-6-4-3-5-7-10)16-8-17-14(11)21-12(9)15(18)19-2/h3-8H,1-2H3. The van der Waals surface area contributed by atoms with Crippen molar-refractivity contribution < 1.29 is 14.3 Å². The molecular formula is C15H12N2O3S. The summed E-state index contributed by atoms with van der Waals surface area (Å²) in [5.74, 6) is 0.749. The molecule has 1 aromatic carbocycles.